The van der Waals surface area contributed by atoms with Gasteiger partial charge in [-0.3, -0.25) is 9.89 Å². The van der Waals surface area contributed by atoms with Crippen molar-refractivity contribution >= 4 is 11.6 Å². The number of hydrogen-bond acceptors (Lipinski definition) is 3. The van der Waals surface area contributed by atoms with Crippen molar-refractivity contribution in [1.29, 1.82) is 0 Å². The average Bonchev–Trinajstić information content (AvgIpc) is 2.65. The highest BCUT2D eigenvalue weighted by molar-refractivity contribution is 5.79. The van der Waals surface area contributed by atoms with Crippen LogP contribution >= 0.6 is 0 Å². The van der Waals surface area contributed by atoms with Crippen LogP contribution in [0.15, 0.2) is 35.3 Å². The Labute approximate surface area is 153 Å². The normalized spacial score (nSPS) is 19.0. The fourth-order valence-corrected chi connectivity index (χ4v) is 3.01. The predicted octanol–water partition coefficient (Wildman–Crippen LogP) is 2.41. The molecule has 0 amide bonds. The second-order valence-corrected chi connectivity index (χ2v) is 7.34. The van der Waals surface area contributed by atoms with E-state index in [1.807, 2.05) is 7.05 Å². The largest absolute Gasteiger partial charge is 0.369 e. The number of benzene rings is 1. The zero-order valence-electron chi connectivity index (χ0n) is 16.5. The Balaban J connectivity index is 1.75. The number of anilines is 1. The highest BCUT2D eigenvalue weighted by Crippen LogP contribution is 2.16. The Morgan fingerprint density at radius 2 is 1.68 bits per heavy atom. The summed E-state index contributed by atoms with van der Waals surface area (Å²) in [5, 5.41) is 6.94. The van der Waals surface area contributed by atoms with E-state index in [0.717, 1.165) is 38.7 Å². The molecular weight excluding hydrogens is 310 g/mol. The van der Waals surface area contributed by atoms with E-state index in [9.17, 15) is 0 Å². The van der Waals surface area contributed by atoms with Gasteiger partial charge in [-0.05, 0) is 31.9 Å². The number of guanidine groups is 1. The van der Waals surface area contributed by atoms with Gasteiger partial charge in [0, 0.05) is 57.5 Å². The summed E-state index contributed by atoms with van der Waals surface area (Å²) in [5.74, 6) is 1.48. The van der Waals surface area contributed by atoms with Gasteiger partial charge >= 0.3 is 0 Å². The summed E-state index contributed by atoms with van der Waals surface area (Å²) >= 11 is 0. The van der Waals surface area contributed by atoms with Crippen LogP contribution in [0.4, 0.5) is 5.69 Å². The molecule has 1 saturated heterocycles. The zero-order valence-corrected chi connectivity index (χ0v) is 16.5. The maximum atomic E-state index is 4.35. The molecule has 0 radical (unpaired) electrons. The van der Waals surface area contributed by atoms with Gasteiger partial charge in [0.1, 0.15) is 0 Å². The highest BCUT2D eigenvalue weighted by Gasteiger charge is 2.21. The van der Waals surface area contributed by atoms with Gasteiger partial charge < -0.3 is 15.5 Å². The van der Waals surface area contributed by atoms with Gasteiger partial charge in [-0.1, -0.05) is 32.0 Å². The van der Waals surface area contributed by atoms with Gasteiger partial charge in [-0.2, -0.15) is 0 Å². The van der Waals surface area contributed by atoms with E-state index >= 15 is 0 Å². The zero-order chi connectivity index (χ0) is 18.2. The number of rotatable bonds is 6. The lowest BCUT2D eigenvalue weighted by Crippen LogP contribution is -2.54. The second kappa shape index (κ2) is 9.66. The SMILES string of the molecule is CN=C(NCC(C)N1CCN(c2ccccc2)CC1)NC(C)C(C)C. The minimum Gasteiger partial charge on any atom is -0.369 e. The molecule has 2 atom stereocenters. The van der Waals surface area contributed by atoms with Crippen molar-refractivity contribution in [1.82, 2.24) is 15.5 Å². The van der Waals surface area contributed by atoms with Crippen LogP contribution in [0.25, 0.3) is 0 Å². The fraction of sp³-hybridized carbons (Fsp3) is 0.650. The monoisotopic (exact) mass is 345 g/mol. The molecule has 25 heavy (non-hydrogen) atoms. The van der Waals surface area contributed by atoms with Gasteiger partial charge in [0.2, 0.25) is 0 Å². The van der Waals surface area contributed by atoms with E-state index in [1.165, 1.54) is 5.69 Å². The Hall–Kier alpha value is -1.75. The van der Waals surface area contributed by atoms with E-state index < -0.39 is 0 Å². The Bertz CT molecular complexity index is 520. The molecule has 1 aliphatic heterocycles. The summed E-state index contributed by atoms with van der Waals surface area (Å²) in [7, 11) is 1.84. The van der Waals surface area contributed by atoms with Crippen molar-refractivity contribution in [3.8, 4) is 0 Å². The first-order chi connectivity index (χ1) is 12.0. The molecule has 5 nitrogen and oxygen atoms in total. The number of aliphatic imine (C=N–C) groups is 1. The van der Waals surface area contributed by atoms with Crippen LogP contribution in [0.1, 0.15) is 27.7 Å². The third-order valence-electron chi connectivity index (χ3n) is 5.21. The summed E-state index contributed by atoms with van der Waals surface area (Å²) in [5.41, 5.74) is 1.33. The standard InChI is InChI=1S/C20H35N5/c1-16(2)18(4)23-20(21-5)22-15-17(3)24-11-13-25(14-12-24)19-9-7-6-8-10-19/h6-10,16-18H,11-15H2,1-5H3,(H2,21,22,23). The number of piperazine rings is 1. The molecule has 0 aliphatic carbocycles. The molecule has 1 aromatic carbocycles. The van der Waals surface area contributed by atoms with Crippen LogP contribution in [0.3, 0.4) is 0 Å². The maximum Gasteiger partial charge on any atom is 0.191 e. The van der Waals surface area contributed by atoms with Crippen molar-refractivity contribution in [3.05, 3.63) is 30.3 Å². The fourth-order valence-electron chi connectivity index (χ4n) is 3.01. The summed E-state index contributed by atoms with van der Waals surface area (Å²) in [6, 6.07) is 11.6. The molecule has 2 rings (SSSR count). The quantitative estimate of drug-likeness (QED) is 0.614. The van der Waals surface area contributed by atoms with E-state index in [0.29, 0.717) is 18.0 Å². The minimum atomic E-state index is 0.413. The Morgan fingerprint density at radius 1 is 1.04 bits per heavy atom. The van der Waals surface area contributed by atoms with Crippen LogP contribution in [-0.4, -0.2) is 62.7 Å². The second-order valence-electron chi connectivity index (χ2n) is 7.34. The van der Waals surface area contributed by atoms with Crippen LogP contribution in [0, 0.1) is 5.92 Å². The maximum absolute atomic E-state index is 4.35. The molecule has 0 spiro atoms. The molecule has 0 bridgehead atoms. The molecule has 2 N–H and O–H groups in total. The van der Waals surface area contributed by atoms with E-state index in [-0.39, 0.29) is 0 Å². The molecule has 1 aliphatic rings. The predicted molar refractivity (Wildman–Crippen MR) is 108 cm³/mol. The van der Waals surface area contributed by atoms with Gasteiger partial charge in [-0.15, -0.1) is 0 Å². The lowest BCUT2D eigenvalue weighted by atomic mass is 10.1. The lowest BCUT2D eigenvalue weighted by molar-refractivity contribution is 0.197. The molecule has 0 saturated carbocycles. The molecule has 0 aromatic heterocycles. The molecular formula is C20H35N5. The number of hydrogen-bond donors (Lipinski definition) is 2. The van der Waals surface area contributed by atoms with Crippen molar-refractivity contribution in [3.63, 3.8) is 0 Å². The van der Waals surface area contributed by atoms with Crippen molar-refractivity contribution in [2.75, 3.05) is 44.7 Å². The number of para-hydroxylation sites is 1. The summed E-state index contributed by atoms with van der Waals surface area (Å²) in [6.45, 7) is 14.2. The summed E-state index contributed by atoms with van der Waals surface area (Å²) < 4.78 is 0. The van der Waals surface area contributed by atoms with Gasteiger partial charge in [0.05, 0.1) is 0 Å². The minimum absolute atomic E-state index is 0.413. The van der Waals surface area contributed by atoms with E-state index in [2.05, 4.69) is 83.5 Å². The summed E-state index contributed by atoms with van der Waals surface area (Å²) in [6.07, 6.45) is 0. The van der Waals surface area contributed by atoms with Crippen molar-refractivity contribution < 1.29 is 0 Å². The first-order valence-electron chi connectivity index (χ1n) is 9.52. The molecule has 1 aromatic rings. The molecule has 2 unspecified atom stereocenters. The van der Waals surface area contributed by atoms with E-state index in [1.54, 1.807) is 0 Å². The average molecular weight is 346 g/mol. The Kier molecular flexibility index (Phi) is 7.56. The highest BCUT2D eigenvalue weighted by atomic mass is 15.3. The molecule has 1 fully saturated rings. The molecule has 1 heterocycles. The van der Waals surface area contributed by atoms with Crippen molar-refractivity contribution in [2.45, 2.75) is 39.8 Å². The van der Waals surface area contributed by atoms with Gasteiger partial charge in [0.15, 0.2) is 5.96 Å². The van der Waals surface area contributed by atoms with Crippen LogP contribution in [-0.2, 0) is 0 Å². The van der Waals surface area contributed by atoms with Crippen LogP contribution in [0.5, 0.6) is 0 Å². The van der Waals surface area contributed by atoms with Crippen LogP contribution < -0.4 is 15.5 Å². The summed E-state index contributed by atoms with van der Waals surface area (Å²) in [4.78, 5) is 9.38. The first-order valence-corrected chi connectivity index (χ1v) is 9.52. The first kappa shape index (κ1) is 19.6. The van der Waals surface area contributed by atoms with Crippen LogP contribution in [0.2, 0.25) is 0 Å². The van der Waals surface area contributed by atoms with Gasteiger partial charge in [0.25, 0.3) is 0 Å². The topological polar surface area (TPSA) is 42.9 Å². The smallest absolute Gasteiger partial charge is 0.191 e. The molecule has 5 heteroatoms. The number of nitrogens with zero attached hydrogens (tertiary/aromatic N) is 3. The Morgan fingerprint density at radius 3 is 2.24 bits per heavy atom. The lowest BCUT2D eigenvalue weighted by Gasteiger charge is -2.39. The molecule has 140 valence electrons. The third-order valence-corrected chi connectivity index (χ3v) is 5.21. The van der Waals surface area contributed by atoms with Crippen molar-refractivity contribution in [2.24, 2.45) is 10.9 Å². The van der Waals surface area contributed by atoms with Gasteiger partial charge in [-0.25, -0.2) is 0 Å². The third kappa shape index (κ3) is 5.92. The number of nitrogens with one attached hydrogen (secondary N) is 2. The van der Waals surface area contributed by atoms with E-state index in [4.69, 9.17) is 0 Å².